The minimum absolute atomic E-state index is 0.170. The van der Waals surface area contributed by atoms with Gasteiger partial charge in [0.25, 0.3) is 0 Å². The standard InChI is InChI=1S/C29H18O11/c30-25(15-7-11-17(12-8-15)39-21-5-1-3-19(26(31)32)23(21)28(35)36)16-9-13-18(14-10-16)40-22-6-2-4-20(27(33)34)24(22)29(37)38/h1-14H,(H,31,32)(H,33,34)(H,35,36)(H,37,38). The third-order valence-corrected chi connectivity index (χ3v) is 5.63. The summed E-state index contributed by atoms with van der Waals surface area (Å²) in [4.78, 5) is 58.9. The second kappa shape index (κ2) is 11.2. The van der Waals surface area contributed by atoms with E-state index < -0.39 is 46.1 Å². The molecular formula is C29H18O11. The van der Waals surface area contributed by atoms with E-state index in [2.05, 4.69) is 0 Å². The van der Waals surface area contributed by atoms with E-state index in [0.717, 1.165) is 12.1 Å². The molecule has 0 saturated carbocycles. The van der Waals surface area contributed by atoms with Crippen molar-refractivity contribution >= 4 is 29.7 Å². The first-order valence-electron chi connectivity index (χ1n) is 11.4. The molecular weight excluding hydrogens is 524 g/mol. The SMILES string of the molecule is O=C(c1ccc(Oc2cccc(C(=O)O)c2C(=O)O)cc1)c1ccc(Oc2cccc(C(=O)O)c2C(=O)O)cc1. The summed E-state index contributed by atoms with van der Waals surface area (Å²) in [6, 6.07) is 19.1. The fourth-order valence-corrected chi connectivity index (χ4v) is 3.80. The van der Waals surface area contributed by atoms with Gasteiger partial charge in [0.1, 0.15) is 34.1 Å². The van der Waals surface area contributed by atoms with Crippen LogP contribution in [0.3, 0.4) is 0 Å². The quantitative estimate of drug-likeness (QED) is 0.191. The third-order valence-electron chi connectivity index (χ3n) is 5.63. The molecule has 11 nitrogen and oxygen atoms in total. The molecule has 0 amide bonds. The molecule has 4 aromatic rings. The summed E-state index contributed by atoms with van der Waals surface area (Å²) in [5.74, 6) is -6.18. The topological polar surface area (TPSA) is 185 Å². The number of carbonyl (C=O) groups excluding carboxylic acids is 1. The van der Waals surface area contributed by atoms with Crippen LogP contribution in [0, 0.1) is 0 Å². The van der Waals surface area contributed by atoms with Gasteiger partial charge in [-0.25, -0.2) is 19.2 Å². The lowest BCUT2D eigenvalue weighted by Crippen LogP contribution is -2.09. The second-order valence-corrected chi connectivity index (χ2v) is 8.16. The number of ether oxygens (including phenoxy) is 2. The van der Waals surface area contributed by atoms with Gasteiger partial charge in [0, 0.05) is 11.1 Å². The molecule has 0 radical (unpaired) electrons. The first-order valence-corrected chi connectivity index (χ1v) is 11.4. The average Bonchev–Trinajstić information content (AvgIpc) is 2.93. The van der Waals surface area contributed by atoms with Crippen molar-refractivity contribution in [3.05, 3.63) is 118 Å². The highest BCUT2D eigenvalue weighted by molar-refractivity contribution is 6.09. The Bertz CT molecular complexity index is 1530. The molecule has 4 N–H and O–H groups in total. The van der Waals surface area contributed by atoms with Crippen molar-refractivity contribution in [1.29, 1.82) is 0 Å². The molecule has 0 unspecified atom stereocenters. The number of rotatable bonds is 10. The second-order valence-electron chi connectivity index (χ2n) is 8.16. The number of carbonyl (C=O) groups is 5. The Morgan fingerprint density at radius 2 is 0.800 bits per heavy atom. The Labute approximate surface area is 225 Å². The largest absolute Gasteiger partial charge is 0.478 e. The molecule has 200 valence electrons. The zero-order chi connectivity index (χ0) is 29.0. The van der Waals surface area contributed by atoms with Crippen LogP contribution in [0.25, 0.3) is 0 Å². The highest BCUT2D eigenvalue weighted by Gasteiger charge is 2.23. The van der Waals surface area contributed by atoms with Crippen LogP contribution in [0.1, 0.15) is 57.4 Å². The van der Waals surface area contributed by atoms with E-state index in [1.54, 1.807) is 0 Å². The normalized spacial score (nSPS) is 10.4. The first kappa shape index (κ1) is 27.1. The molecule has 0 heterocycles. The maximum Gasteiger partial charge on any atom is 0.340 e. The maximum atomic E-state index is 12.9. The van der Waals surface area contributed by atoms with Gasteiger partial charge in [0.15, 0.2) is 5.78 Å². The van der Waals surface area contributed by atoms with E-state index in [4.69, 9.17) is 9.47 Å². The zero-order valence-electron chi connectivity index (χ0n) is 20.2. The molecule has 0 aliphatic carbocycles. The van der Waals surface area contributed by atoms with Crippen molar-refractivity contribution in [2.75, 3.05) is 0 Å². The number of carboxylic acid groups (broad SMARTS) is 4. The predicted octanol–water partition coefficient (Wildman–Crippen LogP) is 5.30. The molecule has 4 rings (SSSR count). The smallest absolute Gasteiger partial charge is 0.340 e. The van der Waals surface area contributed by atoms with Gasteiger partial charge in [-0.3, -0.25) is 4.79 Å². The predicted molar refractivity (Wildman–Crippen MR) is 137 cm³/mol. The first-order chi connectivity index (χ1) is 19.1. The van der Waals surface area contributed by atoms with E-state index in [9.17, 15) is 44.4 Å². The number of carboxylic acids is 4. The molecule has 0 saturated heterocycles. The van der Waals surface area contributed by atoms with Gasteiger partial charge in [-0.2, -0.15) is 0 Å². The molecule has 11 heteroatoms. The lowest BCUT2D eigenvalue weighted by atomic mass is 10.0. The molecule has 0 fully saturated rings. The van der Waals surface area contributed by atoms with Crippen molar-refractivity contribution in [1.82, 2.24) is 0 Å². The van der Waals surface area contributed by atoms with Crippen molar-refractivity contribution in [2.24, 2.45) is 0 Å². The van der Waals surface area contributed by atoms with Crippen LogP contribution in [-0.2, 0) is 0 Å². The van der Waals surface area contributed by atoms with E-state index in [0.29, 0.717) is 0 Å². The summed E-state index contributed by atoms with van der Waals surface area (Å²) in [5.41, 5.74) is -1.36. The van der Waals surface area contributed by atoms with Gasteiger partial charge in [-0.15, -0.1) is 0 Å². The number of hydrogen-bond acceptors (Lipinski definition) is 7. The Kier molecular flexibility index (Phi) is 7.57. The van der Waals surface area contributed by atoms with Gasteiger partial charge in [-0.05, 0) is 72.8 Å². The van der Waals surface area contributed by atoms with Crippen molar-refractivity contribution in [3.63, 3.8) is 0 Å². The molecule has 0 aliphatic rings. The fraction of sp³-hybridized carbons (Fsp3) is 0. The monoisotopic (exact) mass is 542 g/mol. The number of hydrogen-bond donors (Lipinski definition) is 4. The van der Waals surface area contributed by atoms with Crippen molar-refractivity contribution < 1.29 is 53.9 Å². The summed E-state index contributed by atoms with van der Waals surface area (Å²) < 4.78 is 11.1. The number of aromatic carboxylic acids is 4. The Morgan fingerprint density at radius 1 is 0.450 bits per heavy atom. The molecule has 0 bridgehead atoms. The van der Waals surface area contributed by atoms with Crippen LogP contribution in [-0.4, -0.2) is 50.1 Å². The van der Waals surface area contributed by atoms with Crippen LogP contribution < -0.4 is 9.47 Å². The molecule has 0 aromatic heterocycles. The van der Waals surface area contributed by atoms with E-state index >= 15 is 0 Å². The highest BCUT2D eigenvalue weighted by atomic mass is 16.5. The average molecular weight is 542 g/mol. The lowest BCUT2D eigenvalue weighted by Gasteiger charge is -2.12. The summed E-state index contributed by atoms with van der Waals surface area (Å²) in [5, 5.41) is 37.4. The van der Waals surface area contributed by atoms with Crippen LogP contribution >= 0.6 is 0 Å². The highest BCUT2D eigenvalue weighted by Crippen LogP contribution is 2.30. The maximum absolute atomic E-state index is 12.9. The lowest BCUT2D eigenvalue weighted by molar-refractivity contribution is 0.0649. The minimum Gasteiger partial charge on any atom is -0.478 e. The third kappa shape index (κ3) is 5.63. The van der Waals surface area contributed by atoms with Gasteiger partial charge < -0.3 is 29.9 Å². The van der Waals surface area contributed by atoms with E-state index in [-0.39, 0.29) is 39.9 Å². The van der Waals surface area contributed by atoms with Gasteiger partial charge in [-0.1, -0.05) is 12.1 Å². The Balaban J connectivity index is 1.51. The van der Waals surface area contributed by atoms with Crippen LogP contribution in [0.2, 0.25) is 0 Å². The van der Waals surface area contributed by atoms with Gasteiger partial charge in [0.05, 0.1) is 11.1 Å². The number of ketones is 1. The van der Waals surface area contributed by atoms with Gasteiger partial charge >= 0.3 is 23.9 Å². The van der Waals surface area contributed by atoms with Crippen LogP contribution in [0.4, 0.5) is 0 Å². The molecule has 0 aliphatic heterocycles. The summed E-state index contributed by atoms with van der Waals surface area (Å²) in [7, 11) is 0. The molecule has 0 spiro atoms. The number of benzene rings is 4. The Hall–Kier alpha value is -5.97. The zero-order valence-corrected chi connectivity index (χ0v) is 20.2. The Morgan fingerprint density at radius 3 is 1.10 bits per heavy atom. The molecule has 4 aromatic carbocycles. The van der Waals surface area contributed by atoms with Crippen LogP contribution in [0.15, 0.2) is 84.9 Å². The fourth-order valence-electron chi connectivity index (χ4n) is 3.80. The summed E-state index contributed by atoms with van der Waals surface area (Å²) in [6.07, 6.45) is 0. The van der Waals surface area contributed by atoms with Crippen LogP contribution in [0.5, 0.6) is 23.0 Å². The van der Waals surface area contributed by atoms with Gasteiger partial charge in [0.2, 0.25) is 0 Å². The molecule has 0 atom stereocenters. The van der Waals surface area contributed by atoms with E-state index in [1.807, 2.05) is 0 Å². The summed E-state index contributed by atoms with van der Waals surface area (Å²) in [6.45, 7) is 0. The summed E-state index contributed by atoms with van der Waals surface area (Å²) >= 11 is 0. The molecule has 40 heavy (non-hydrogen) atoms. The van der Waals surface area contributed by atoms with Crippen molar-refractivity contribution in [2.45, 2.75) is 0 Å². The minimum atomic E-state index is -1.47. The van der Waals surface area contributed by atoms with Crippen molar-refractivity contribution in [3.8, 4) is 23.0 Å². The van der Waals surface area contributed by atoms with E-state index in [1.165, 1.54) is 72.8 Å².